The van der Waals surface area contributed by atoms with E-state index >= 15 is 0 Å². The molecule has 0 aliphatic heterocycles. The summed E-state index contributed by atoms with van der Waals surface area (Å²) in [6.07, 6.45) is -3.43. The van der Waals surface area contributed by atoms with Crippen molar-refractivity contribution in [2.24, 2.45) is 0 Å². The van der Waals surface area contributed by atoms with Crippen LogP contribution < -0.4 is 5.32 Å². The molecule has 4 rings (SSSR count). The molecule has 3 aromatic rings. The van der Waals surface area contributed by atoms with E-state index in [0.717, 1.165) is 29.1 Å². The molecule has 0 radical (unpaired) electrons. The molecule has 1 aromatic heterocycles. The fourth-order valence-corrected chi connectivity index (χ4v) is 4.47. The van der Waals surface area contributed by atoms with E-state index in [0.29, 0.717) is 0 Å². The molecule has 1 aliphatic carbocycles. The van der Waals surface area contributed by atoms with Gasteiger partial charge in [-0.15, -0.1) is 0 Å². The third-order valence-electron chi connectivity index (χ3n) is 6.09. The first-order valence-electron chi connectivity index (χ1n) is 10.7. The Balaban J connectivity index is 1.77. The minimum absolute atomic E-state index is 0.0124. The molecule has 35 heavy (non-hydrogen) atoms. The molecular formula is C23H20ClF5N4O2. The molecule has 6 nitrogen and oxygen atoms in total. The van der Waals surface area contributed by atoms with E-state index in [4.69, 9.17) is 11.6 Å². The van der Waals surface area contributed by atoms with Crippen LogP contribution in [0.25, 0.3) is 5.69 Å². The van der Waals surface area contributed by atoms with Gasteiger partial charge in [-0.25, -0.2) is 8.78 Å². The molecule has 1 unspecified atom stereocenters. The van der Waals surface area contributed by atoms with Gasteiger partial charge in [-0.1, -0.05) is 23.7 Å². The van der Waals surface area contributed by atoms with Gasteiger partial charge in [-0.2, -0.15) is 28.2 Å². The zero-order chi connectivity index (χ0) is 25.4. The number of hydrogen-bond donors (Lipinski definition) is 2. The quantitative estimate of drug-likeness (QED) is 0.459. The Bertz CT molecular complexity index is 1210. The predicted octanol–water partition coefficient (Wildman–Crippen LogP) is 5.19. The molecule has 0 spiro atoms. The molecular weight excluding hydrogens is 495 g/mol. The Morgan fingerprint density at radius 1 is 1.17 bits per heavy atom. The Morgan fingerprint density at radius 2 is 1.83 bits per heavy atom. The monoisotopic (exact) mass is 514 g/mol. The Morgan fingerprint density at radius 3 is 2.46 bits per heavy atom. The van der Waals surface area contributed by atoms with Gasteiger partial charge in [0.15, 0.2) is 0 Å². The van der Waals surface area contributed by atoms with E-state index in [1.54, 1.807) is 0 Å². The molecule has 1 heterocycles. The Labute approximate surface area is 201 Å². The average molecular weight is 515 g/mol. The third kappa shape index (κ3) is 5.15. The predicted molar refractivity (Wildman–Crippen MR) is 116 cm³/mol. The fourth-order valence-electron chi connectivity index (χ4n) is 4.23. The smallest absolute Gasteiger partial charge is 0.387 e. The number of hydrogen-bond acceptors (Lipinski definition) is 4. The number of rotatable bonds is 5. The molecule has 1 atom stereocenters. The third-order valence-corrected chi connectivity index (χ3v) is 6.49. The standard InChI is InChI=1S/C23H20ClF5N4O2/c24-19-16(2-1-3-17(19)26)20(22(35)8-6-14(25)7-9-22)32-21(34)15-5-4-13(23(27,28)29)12-18(15)33-30-10-11-31-33/h1-5,10-12,14,20,35H,6-9H2,(H,32,34)/t14-,20?,22-. The number of aromatic nitrogens is 3. The van der Waals surface area contributed by atoms with Crippen LogP contribution in [0.2, 0.25) is 5.02 Å². The second-order valence-electron chi connectivity index (χ2n) is 8.38. The lowest BCUT2D eigenvalue weighted by Gasteiger charge is -2.41. The number of nitrogens with one attached hydrogen (secondary N) is 1. The highest BCUT2D eigenvalue weighted by molar-refractivity contribution is 6.31. The number of benzene rings is 2. The van der Waals surface area contributed by atoms with Gasteiger partial charge in [-0.05, 0) is 55.5 Å². The second kappa shape index (κ2) is 9.54. The summed E-state index contributed by atoms with van der Waals surface area (Å²) in [6.45, 7) is 0. The van der Waals surface area contributed by atoms with Crippen LogP contribution in [-0.2, 0) is 6.18 Å². The summed E-state index contributed by atoms with van der Waals surface area (Å²) in [4.78, 5) is 14.2. The lowest BCUT2D eigenvalue weighted by Crippen LogP contribution is -2.48. The maximum atomic E-state index is 14.2. The molecule has 12 heteroatoms. The number of amides is 1. The zero-order valence-electron chi connectivity index (χ0n) is 18.1. The van der Waals surface area contributed by atoms with Gasteiger partial charge in [0.05, 0.1) is 45.9 Å². The highest BCUT2D eigenvalue weighted by atomic mass is 35.5. The van der Waals surface area contributed by atoms with Crippen molar-refractivity contribution in [3.63, 3.8) is 0 Å². The summed E-state index contributed by atoms with van der Waals surface area (Å²) in [6, 6.07) is 5.01. The van der Waals surface area contributed by atoms with Gasteiger partial charge in [0.1, 0.15) is 12.0 Å². The largest absolute Gasteiger partial charge is 0.416 e. The molecule has 1 aliphatic rings. The first-order chi connectivity index (χ1) is 16.5. The molecule has 1 fully saturated rings. The highest BCUT2D eigenvalue weighted by Crippen LogP contribution is 2.42. The van der Waals surface area contributed by atoms with Crippen LogP contribution in [0.5, 0.6) is 0 Å². The van der Waals surface area contributed by atoms with Crippen molar-refractivity contribution in [1.82, 2.24) is 20.3 Å². The van der Waals surface area contributed by atoms with Gasteiger partial charge >= 0.3 is 6.18 Å². The average Bonchev–Trinajstić information content (AvgIpc) is 3.35. The molecule has 0 saturated heterocycles. The maximum absolute atomic E-state index is 14.2. The van der Waals surface area contributed by atoms with Gasteiger partial charge < -0.3 is 10.4 Å². The Hall–Kier alpha value is -3.05. The number of carbonyl (C=O) groups excluding carboxylic acids is 1. The Kier molecular flexibility index (Phi) is 6.83. The topological polar surface area (TPSA) is 80.0 Å². The molecule has 2 aromatic carbocycles. The van der Waals surface area contributed by atoms with Crippen LogP contribution >= 0.6 is 11.6 Å². The van der Waals surface area contributed by atoms with E-state index < -0.39 is 41.3 Å². The van der Waals surface area contributed by atoms with Crippen molar-refractivity contribution >= 4 is 17.5 Å². The molecule has 1 amide bonds. The fraction of sp³-hybridized carbons (Fsp3) is 0.348. The summed E-state index contributed by atoms with van der Waals surface area (Å²) in [5.74, 6) is -1.67. The van der Waals surface area contributed by atoms with Crippen LogP contribution in [0.4, 0.5) is 22.0 Å². The first kappa shape index (κ1) is 25.1. The van der Waals surface area contributed by atoms with Crippen LogP contribution in [0.3, 0.4) is 0 Å². The lowest BCUT2D eigenvalue weighted by molar-refractivity contribution is -0.137. The SMILES string of the molecule is O=C(NC(c1cccc(F)c1Cl)[C@]1(O)CC[C@H](F)CC1)c1ccc(C(F)(F)F)cc1-n1nccn1. The summed E-state index contributed by atoms with van der Waals surface area (Å²) in [7, 11) is 0. The second-order valence-corrected chi connectivity index (χ2v) is 8.75. The summed E-state index contributed by atoms with van der Waals surface area (Å²) >= 11 is 6.15. The molecule has 186 valence electrons. The lowest BCUT2D eigenvalue weighted by atomic mass is 9.76. The first-order valence-corrected chi connectivity index (χ1v) is 11.1. The van der Waals surface area contributed by atoms with Gasteiger partial charge in [0.2, 0.25) is 0 Å². The van der Waals surface area contributed by atoms with Crippen molar-refractivity contribution in [3.8, 4) is 5.69 Å². The van der Waals surface area contributed by atoms with Crippen LogP contribution in [0.15, 0.2) is 48.8 Å². The molecule has 1 saturated carbocycles. The van der Waals surface area contributed by atoms with Gasteiger partial charge in [-0.3, -0.25) is 4.79 Å². The van der Waals surface area contributed by atoms with Crippen LogP contribution in [0.1, 0.15) is 53.2 Å². The number of carbonyl (C=O) groups is 1. The van der Waals surface area contributed by atoms with E-state index in [-0.39, 0.29) is 47.5 Å². The van der Waals surface area contributed by atoms with Crippen molar-refractivity contribution < 1.29 is 31.9 Å². The van der Waals surface area contributed by atoms with Gasteiger partial charge in [0.25, 0.3) is 5.91 Å². The number of alkyl halides is 4. The van der Waals surface area contributed by atoms with Crippen molar-refractivity contribution in [1.29, 1.82) is 0 Å². The number of aliphatic hydroxyl groups is 1. The number of nitrogens with zero attached hydrogens (tertiary/aromatic N) is 3. The maximum Gasteiger partial charge on any atom is 0.416 e. The summed E-state index contributed by atoms with van der Waals surface area (Å²) in [5, 5.41) is 21.3. The summed E-state index contributed by atoms with van der Waals surface area (Å²) in [5.41, 5.74) is -3.12. The normalized spacial score (nSPS) is 21.5. The van der Waals surface area contributed by atoms with Crippen LogP contribution in [-0.4, -0.2) is 37.8 Å². The highest BCUT2D eigenvalue weighted by Gasteiger charge is 2.43. The van der Waals surface area contributed by atoms with Crippen molar-refractivity contribution in [2.45, 2.75) is 49.7 Å². The minimum atomic E-state index is -4.69. The molecule has 0 bridgehead atoms. The van der Waals surface area contributed by atoms with Crippen molar-refractivity contribution in [2.75, 3.05) is 0 Å². The van der Waals surface area contributed by atoms with Crippen LogP contribution in [0, 0.1) is 5.82 Å². The van der Waals surface area contributed by atoms with Crippen molar-refractivity contribution in [3.05, 3.63) is 76.3 Å². The van der Waals surface area contributed by atoms with E-state index in [2.05, 4.69) is 15.5 Å². The van der Waals surface area contributed by atoms with E-state index in [9.17, 15) is 31.9 Å². The van der Waals surface area contributed by atoms with Gasteiger partial charge in [0, 0.05) is 0 Å². The summed E-state index contributed by atoms with van der Waals surface area (Å²) < 4.78 is 68.0. The number of halogens is 6. The molecule has 2 N–H and O–H groups in total. The zero-order valence-corrected chi connectivity index (χ0v) is 18.8. The minimum Gasteiger partial charge on any atom is -0.387 e. The van der Waals surface area contributed by atoms with E-state index in [1.165, 1.54) is 24.5 Å². The van der Waals surface area contributed by atoms with E-state index in [1.807, 2.05) is 0 Å².